The zero-order valence-electron chi connectivity index (χ0n) is 8.22. The summed E-state index contributed by atoms with van der Waals surface area (Å²) in [4.78, 5) is 2.30. The van der Waals surface area contributed by atoms with Gasteiger partial charge in [-0.3, -0.25) is 0 Å². The van der Waals surface area contributed by atoms with E-state index in [0.29, 0.717) is 6.42 Å². The summed E-state index contributed by atoms with van der Waals surface area (Å²) in [6, 6.07) is 2.04. The summed E-state index contributed by atoms with van der Waals surface area (Å²) in [7, 11) is 0. The largest absolute Gasteiger partial charge is 0.387 e. The number of hydrogen-bond donors (Lipinski definition) is 1. The molecule has 1 atom stereocenters. The van der Waals surface area contributed by atoms with Gasteiger partial charge in [0.1, 0.15) is 0 Å². The molecule has 0 aliphatic heterocycles. The van der Waals surface area contributed by atoms with E-state index in [2.05, 4.69) is 25.7 Å². The third kappa shape index (κ3) is 2.58. The molecule has 13 heavy (non-hydrogen) atoms. The summed E-state index contributed by atoms with van der Waals surface area (Å²) >= 11 is 1.66. The second-order valence-electron chi connectivity index (χ2n) is 3.03. The van der Waals surface area contributed by atoms with Gasteiger partial charge in [-0.05, 0) is 32.4 Å². The first-order valence-corrected chi connectivity index (χ1v) is 5.11. The minimum absolute atomic E-state index is 0.412. The lowest BCUT2D eigenvalue weighted by Gasteiger charge is -2.01. The second kappa shape index (κ2) is 4.45. The summed E-state index contributed by atoms with van der Waals surface area (Å²) in [6.45, 7) is 5.92. The maximum Gasteiger partial charge on any atom is 0.0990 e. The first kappa shape index (κ1) is 10.3. The van der Waals surface area contributed by atoms with Crippen LogP contribution in [0.2, 0.25) is 0 Å². The van der Waals surface area contributed by atoms with Crippen LogP contribution in [0.4, 0.5) is 0 Å². The summed E-state index contributed by atoms with van der Waals surface area (Å²) in [5.41, 5.74) is 1.25. The maximum absolute atomic E-state index is 9.70. The Labute approximate surface area is 83.4 Å². The molecule has 1 aromatic rings. The molecule has 0 aromatic carbocycles. The molecule has 1 unspecified atom stereocenters. The van der Waals surface area contributed by atoms with Gasteiger partial charge < -0.3 is 5.11 Å². The Kier molecular flexibility index (Phi) is 3.53. The average molecular weight is 194 g/mol. The number of hydrogen-bond acceptors (Lipinski definition) is 2. The van der Waals surface area contributed by atoms with Crippen molar-refractivity contribution in [3.05, 3.63) is 21.4 Å². The van der Waals surface area contributed by atoms with Gasteiger partial charge in [0, 0.05) is 16.2 Å². The molecule has 1 aromatic heterocycles. The smallest absolute Gasteiger partial charge is 0.0990 e. The zero-order valence-corrected chi connectivity index (χ0v) is 9.03. The topological polar surface area (TPSA) is 20.2 Å². The van der Waals surface area contributed by atoms with Crippen molar-refractivity contribution in [1.82, 2.24) is 0 Å². The van der Waals surface area contributed by atoms with Crippen molar-refractivity contribution >= 4 is 11.3 Å². The minimum atomic E-state index is -0.412. The molecule has 0 saturated carbocycles. The quantitative estimate of drug-likeness (QED) is 0.718. The van der Waals surface area contributed by atoms with E-state index in [1.165, 1.54) is 10.4 Å². The first-order valence-electron chi connectivity index (χ1n) is 4.29. The van der Waals surface area contributed by atoms with Gasteiger partial charge in [0.15, 0.2) is 0 Å². The van der Waals surface area contributed by atoms with Gasteiger partial charge in [0.05, 0.1) is 6.10 Å². The summed E-state index contributed by atoms with van der Waals surface area (Å²) in [5.74, 6) is 5.67. The minimum Gasteiger partial charge on any atom is -0.387 e. The van der Waals surface area contributed by atoms with Crippen molar-refractivity contribution < 1.29 is 5.11 Å². The monoisotopic (exact) mass is 194 g/mol. The van der Waals surface area contributed by atoms with Crippen LogP contribution in [0, 0.1) is 25.7 Å². The van der Waals surface area contributed by atoms with E-state index >= 15 is 0 Å². The molecule has 1 nitrogen and oxygen atoms in total. The van der Waals surface area contributed by atoms with Gasteiger partial charge in [-0.2, -0.15) is 0 Å². The third-order valence-electron chi connectivity index (χ3n) is 1.99. The molecular weight excluding hydrogens is 180 g/mol. The van der Waals surface area contributed by atoms with Crippen molar-refractivity contribution in [2.45, 2.75) is 33.3 Å². The highest BCUT2D eigenvalue weighted by Crippen LogP contribution is 2.27. The lowest BCUT2D eigenvalue weighted by molar-refractivity contribution is 0.188. The Morgan fingerprint density at radius 1 is 1.54 bits per heavy atom. The predicted octanol–water partition coefficient (Wildman–Crippen LogP) is 2.81. The SMILES string of the molecule is CC#CCC(O)c1cc(C)c(C)s1. The van der Waals surface area contributed by atoms with E-state index in [9.17, 15) is 5.11 Å². The normalized spacial score (nSPS) is 12.0. The van der Waals surface area contributed by atoms with E-state index in [-0.39, 0.29) is 0 Å². The van der Waals surface area contributed by atoms with Crippen LogP contribution in [0.25, 0.3) is 0 Å². The van der Waals surface area contributed by atoms with Gasteiger partial charge in [0.2, 0.25) is 0 Å². The van der Waals surface area contributed by atoms with E-state index < -0.39 is 6.10 Å². The van der Waals surface area contributed by atoms with Crippen LogP contribution in [0.5, 0.6) is 0 Å². The highest BCUT2D eigenvalue weighted by atomic mass is 32.1. The van der Waals surface area contributed by atoms with E-state index in [0.717, 1.165) is 4.88 Å². The molecular formula is C11H14OS. The molecule has 0 radical (unpaired) electrons. The van der Waals surface area contributed by atoms with Crippen molar-refractivity contribution in [1.29, 1.82) is 0 Å². The van der Waals surface area contributed by atoms with Crippen LogP contribution < -0.4 is 0 Å². The standard InChI is InChI=1S/C11H14OS/c1-4-5-6-10(12)11-7-8(2)9(3)13-11/h7,10,12H,6H2,1-3H3. The lowest BCUT2D eigenvalue weighted by Crippen LogP contribution is -1.91. The molecule has 1 heterocycles. The predicted molar refractivity (Wildman–Crippen MR) is 56.8 cm³/mol. The highest BCUT2D eigenvalue weighted by Gasteiger charge is 2.09. The number of aliphatic hydroxyl groups excluding tert-OH is 1. The fourth-order valence-corrected chi connectivity index (χ4v) is 2.09. The van der Waals surface area contributed by atoms with Gasteiger partial charge in [-0.25, -0.2) is 0 Å². The van der Waals surface area contributed by atoms with E-state index in [1.54, 1.807) is 18.3 Å². The van der Waals surface area contributed by atoms with Gasteiger partial charge in [0.25, 0.3) is 0 Å². The molecule has 2 heteroatoms. The fraction of sp³-hybridized carbons (Fsp3) is 0.455. The molecule has 0 aliphatic carbocycles. The van der Waals surface area contributed by atoms with Crippen LogP contribution >= 0.6 is 11.3 Å². The molecule has 0 spiro atoms. The summed E-state index contributed by atoms with van der Waals surface area (Å²) in [6.07, 6.45) is 0.125. The zero-order chi connectivity index (χ0) is 9.84. The fourth-order valence-electron chi connectivity index (χ4n) is 1.07. The molecule has 70 valence electrons. The lowest BCUT2D eigenvalue weighted by atomic mass is 10.2. The average Bonchev–Trinajstić information content (AvgIpc) is 2.43. The Morgan fingerprint density at radius 3 is 2.69 bits per heavy atom. The molecule has 0 saturated heterocycles. The van der Waals surface area contributed by atoms with E-state index in [4.69, 9.17) is 0 Å². The Balaban J connectivity index is 2.75. The van der Waals surface area contributed by atoms with Crippen molar-refractivity contribution in [3.63, 3.8) is 0 Å². The number of aliphatic hydroxyl groups is 1. The van der Waals surface area contributed by atoms with Crippen LogP contribution in [-0.4, -0.2) is 5.11 Å². The van der Waals surface area contributed by atoms with Gasteiger partial charge in [-0.15, -0.1) is 23.2 Å². The van der Waals surface area contributed by atoms with Crippen molar-refractivity contribution in [3.8, 4) is 11.8 Å². The van der Waals surface area contributed by atoms with Crippen molar-refractivity contribution in [2.75, 3.05) is 0 Å². The molecule has 0 fully saturated rings. The number of thiophene rings is 1. The maximum atomic E-state index is 9.70. The molecule has 1 rings (SSSR count). The first-order chi connectivity index (χ1) is 6.15. The molecule has 0 bridgehead atoms. The molecule has 0 aliphatic rings. The van der Waals surface area contributed by atoms with Crippen LogP contribution in [0.1, 0.15) is 34.8 Å². The Hall–Kier alpha value is -0.780. The second-order valence-corrected chi connectivity index (χ2v) is 4.32. The molecule has 1 N–H and O–H groups in total. The summed E-state index contributed by atoms with van der Waals surface area (Å²) in [5, 5.41) is 9.70. The van der Waals surface area contributed by atoms with Gasteiger partial charge >= 0.3 is 0 Å². The number of rotatable bonds is 2. The van der Waals surface area contributed by atoms with E-state index in [1.807, 2.05) is 6.07 Å². The summed E-state index contributed by atoms with van der Waals surface area (Å²) < 4.78 is 0. The third-order valence-corrected chi connectivity index (χ3v) is 3.24. The van der Waals surface area contributed by atoms with Gasteiger partial charge in [-0.1, -0.05) is 0 Å². The Bertz CT molecular complexity index is 321. The van der Waals surface area contributed by atoms with Crippen molar-refractivity contribution in [2.24, 2.45) is 0 Å². The highest BCUT2D eigenvalue weighted by molar-refractivity contribution is 7.12. The molecule has 0 amide bonds. The van der Waals surface area contributed by atoms with Crippen LogP contribution in [0.3, 0.4) is 0 Å². The number of aryl methyl sites for hydroxylation is 2. The van der Waals surface area contributed by atoms with Crippen LogP contribution in [-0.2, 0) is 0 Å². The van der Waals surface area contributed by atoms with Crippen LogP contribution in [0.15, 0.2) is 6.07 Å². The Morgan fingerprint density at radius 2 is 2.23 bits per heavy atom.